The summed E-state index contributed by atoms with van der Waals surface area (Å²) in [6.07, 6.45) is 2.74. The number of hydrogen-bond donors (Lipinski definition) is 2. The molecule has 18 heavy (non-hydrogen) atoms. The molecule has 2 rings (SSSR count). The number of nitrogens with zero attached hydrogens (tertiary/aromatic N) is 2. The van der Waals surface area contributed by atoms with Crippen molar-refractivity contribution in [2.45, 2.75) is 6.54 Å². The number of benzene rings is 1. The molecule has 0 aliphatic heterocycles. The van der Waals surface area contributed by atoms with Gasteiger partial charge in [-0.15, -0.1) is 0 Å². The molecule has 0 aliphatic carbocycles. The second-order valence-corrected chi connectivity index (χ2v) is 3.78. The Labute approximate surface area is 102 Å². The van der Waals surface area contributed by atoms with Gasteiger partial charge in [0.2, 0.25) is 0 Å². The van der Waals surface area contributed by atoms with Crippen molar-refractivity contribution in [1.82, 2.24) is 9.55 Å². The second-order valence-electron chi connectivity index (χ2n) is 3.78. The fourth-order valence-electron chi connectivity index (χ4n) is 1.58. The van der Waals surface area contributed by atoms with Crippen molar-refractivity contribution in [3.05, 3.63) is 58.5 Å². The molecule has 2 aromatic rings. The molecule has 2 N–H and O–H groups in total. The summed E-state index contributed by atoms with van der Waals surface area (Å²) in [5, 5.41) is 18.0. The van der Waals surface area contributed by atoms with Crippen molar-refractivity contribution in [2.75, 3.05) is 0 Å². The highest BCUT2D eigenvalue weighted by atomic mass is 19.1. The third-order valence-electron chi connectivity index (χ3n) is 2.48. The first kappa shape index (κ1) is 12.5. The third kappa shape index (κ3) is 2.64. The van der Waals surface area contributed by atoms with Crippen molar-refractivity contribution in [3.63, 3.8) is 0 Å². The molecule has 0 saturated heterocycles. The van der Waals surface area contributed by atoms with Crippen LogP contribution in [0.25, 0.3) is 0 Å². The molecule has 0 spiro atoms. The maximum absolute atomic E-state index is 13.2. The molecule has 92 valence electrons. The van der Waals surface area contributed by atoms with Crippen LogP contribution in [-0.2, 0) is 6.54 Å². The van der Waals surface area contributed by atoms with Crippen molar-refractivity contribution in [1.29, 1.82) is 0 Å². The van der Waals surface area contributed by atoms with E-state index in [2.05, 4.69) is 4.98 Å². The Hall–Kier alpha value is -1.99. The minimum Gasteiger partial charge on any atom is -0.423 e. The Bertz CT molecular complexity index is 615. The van der Waals surface area contributed by atoms with Gasteiger partial charge in [-0.25, -0.2) is 9.37 Å². The first-order valence-corrected chi connectivity index (χ1v) is 5.23. The van der Waals surface area contributed by atoms with Crippen LogP contribution in [0.4, 0.5) is 4.39 Å². The van der Waals surface area contributed by atoms with Crippen LogP contribution in [-0.4, -0.2) is 26.7 Å². The Balaban J connectivity index is 2.33. The molecule has 7 heteroatoms. The van der Waals surface area contributed by atoms with Crippen LogP contribution in [0.2, 0.25) is 0 Å². The quantitative estimate of drug-likeness (QED) is 0.691. The van der Waals surface area contributed by atoms with E-state index in [1.807, 2.05) is 0 Å². The maximum atomic E-state index is 13.2. The lowest BCUT2D eigenvalue weighted by atomic mass is 9.79. The van der Waals surface area contributed by atoms with Crippen molar-refractivity contribution in [2.24, 2.45) is 0 Å². The van der Waals surface area contributed by atoms with E-state index in [0.717, 1.165) is 6.07 Å². The lowest BCUT2D eigenvalue weighted by molar-refractivity contribution is 0.423. The average Bonchev–Trinajstić information content (AvgIpc) is 2.34. The van der Waals surface area contributed by atoms with Gasteiger partial charge in [-0.2, -0.15) is 0 Å². The Kier molecular flexibility index (Phi) is 3.54. The van der Waals surface area contributed by atoms with E-state index in [-0.39, 0.29) is 17.6 Å². The van der Waals surface area contributed by atoms with E-state index in [1.165, 1.54) is 35.3 Å². The van der Waals surface area contributed by atoms with Crippen LogP contribution in [0, 0.1) is 5.82 Å². The topological polar surface area (TPSA) is 75.4 Å². The Morgan fingerprint density at radius 2 is 2.11 bits per heavy atom. The number of aromatic nitrogens is 2. The standard InChI is InChI=1S/C11H10BFN2O3/c13-10-2-1-8(5-9(10)12(17)18)6-15-7-14-4-3-11(15)16/h1-5,7,17-18H,6H2. The van der Waals surface area contributed by atoms with Gasteiger partial charge >= 0.3 is 7.12 Å². The molecule has 0 unspecified atom stereocenters. The lowest BCUT2D eigenvalue weighted by Gasteiger charge is -2.07. The van der Waals surface area contributed by atoms with E-state index < -0.39 is 12.9 Å². The van der Waals surface area contributed by atoms with Gasteiger partial charge in [0.25, 0.3) is 5.56 Å². The van der Waals surface area contributed by atoms with Gasteiger partial charge < -0.3 is 10.0 Å². The summed E-state index contributed by atoms with van der Waals surface area (Å²) in [5.41, 5.74) is 0.125. The normalized spacial score (nSPS) is 10.4. The van der Waals surface area contributed by atoms with Gasteiger partial charge in [0.1, 0.15) is 5.82 Å². The van der Waals surface area contributed by atoms with Crippen LogP contribution in [0.1, 0.15) is 5.56 Å². The molecule has 0 aliphatic rings. The fraction of sp³-hybridized carbons (Fsp3) is 0.0909. The van der Waals surface area contributed by atoms with Crippen LogP contribution in [0.15, 0.2) is 41.6 Å². The minimum absolute atomic E-state index is 0.187. The molecule has 0 bridgehead atoms. The molecule has 0 amide bonds. The first-order valence-electron chi connectivity index (χ1n) is 5.23. The van der Waals surface area contributed by atoms with Gasteiger partial charge in [-0.05, 0) is 11.6 Å². The second kappa shape index (κ2) is 5.11. The maximum Gasteiger partial charge on any atom is 0.491 e. The van der Waals surface area contributed by atoms with E-state index in [0.29, 0.717) is 5.56 Å². The average molecular weight is 248 g/mol. The predicted molar refractivity (Wildman–Crippen MR) is 63.8 cm³/mol. The molecule has 1 aromatic carbocycles. The molecular weight excluding hydrogens is 238 g/mol. The molecule has 0 radical (unpaired) electrons. The lowest BCUT2D eigenvalue weighted by Crippen LogP contribution is -2.33. The zero-order valence-corrected chi connectivity index (χ0v) is 9.32. The first-order chi connectivity index (χ1) is 8.58. The minimum atomic E-state index is -1.88. The van der Waals surface area contributed by atoms with Crippen LogP contribution in [0.3, 0.4) is 0 Å². The van der Waals surface area contributed by atoms with Gasteiger partial charge in [0.15, 0.2) is 0 Å². The predicted octanol–water partition coefficient (Wildman–Crippen LogP) is -0.890. The molecule has 0 fully saturated rings. The van der Waals surface area contributed by atoms with Gasteiger partial charge in [0, 0.05) is 17.7 Å². The van der Waals surface area contributed by atoms with Crippen molar-refractivity contribution < 1.29 is 14.4 Å². The highest BCUT2D eigenvalue weighted by Crippen LogP contribution is 2.03. The summed E-state index contributed by atoms with van der Waals surface area (Å²) in [5.74, 6) is -0.702. The zero-order chi connectivity index (χ0) is 13.1. The molecule has 0 atom stereocenters. The monoisotopic (exact) mass is 248 g/mol. The molecule has 1 aromatic heterocycles. The van der Waals surface area contributed by atoms with Crippen LogP contribution < -0.4 is 11.0 Å². The number of halogens is 1. The van der Waals surface area contributed by atoms with Gasteiger partial charge in [-0.3, -0.25) is 9.36 Å². The molecule has 0 saturated carbocycles. The highest BCUT2D eigenvalue weighted by molar-refractivity contribution is 6.58. The van der Waals surface area contributed by atoms with Gasteiger partial charge in [-0.1, -0.05) is 12.1 Å². The highest BCUT2D eigenvalue weighted by Gasteiger charge is 2.16. The summed E-state index contributed by atoms with van der Waals surface area (Å²) in [7, 11) is -1.88. The van der Waals surface area contributed by atoms with Crippen molar-refractivity contribution in [3.8, 4) is 0 Å². The fourth-order valence-corrected chi connectivity index (χ4v) is 1.58. The smallest absolute Gasteiger partial charge is 0.423 e. The SMILES string of the molecule is O=c1ccncn1Cc1ccc(F)c(B(O)O)c1. The number of hydrogen-bond acceptors (Lipinski definition) is 4. The summed E-state index contributed by atoms with van der Waals surface area (Å²) in [6.45, 7) is 0.187. The number of rotatable bonds is 3. The van der Waals surface area contributed by atoms with Crippen molar-refractivity contribution >= 4 is 12.6 Å². The van der Waals surface area contributed by atoms with E-state index >= 15 is 0 Å². The molecule has 1 heterocycles. The van der Waals surface area contributed by atoms with E-state index in [4.69, 9.17) is 10.0 Å². The summed E-state index contributed by atoms with van der Waals surface area (Å²) >= 11 is 0. The van der Waals surface area contributed by atoms with Crippen LogP contribution in [0.5, 0.6) is 0 Å². The van der Waals surface area contributed by atoms with E-state index in [9.17, 15) is 9.18 Å². The Morgan fingerprint density at radius 3 is 2.78 bits per heavy atom. The zero-order valence-electron chi connectivity index (χ0n) is 9.32. The molecule has 5 nitrogen and oxygen atoms in total. The summed E-state index contributed by atoms with van der Waals surface area (Å²) in [4.78, 5) is 15.3. The Morgan fingerprint density at radius 1 is 1.33 bits per heavy atom. The van der Waals surface area contributed by atoms with Gasteiger partial charge in [0.05, 0.1) is 12.9 Å². The summed E-state index contributed by atoms with van der Waals surface area (Å²) in [6, 6.07) is 5.22. The summed E-state index contributed by atoms with van der Waals surface area (Å²) < 4.78 is 14.6. The third-order valence-corrected chi connectivity index (χ3v) is 2.48. The molecular formula is C11H10BFN2O3. The van der Waals surface area contributed by atoms with E-state index in [1.54, 1.807) is 0 Å². The largest absolute Gasteiger partial charge is 0.491 e. The van der Waals surface area contributed by atoms with Crippen LogP contribution >= 0.6 is 0 Å².